The van der Waals surface area contributed by atoms with Crippen LogP contribution in [-0.4, -0.2) is 5.66 Å². The molecule has 0 aliphatic heterocycles. The summed E-state index contributed by atoms with van der Waals surface area (Å²) in [6.45, 7) is 4.57. The Bertz CT molecular complexity index is 76.0. The zero-order valence-electron chi connectivity index (χ0n) is 7.70. The van der Waals surface area contributed by atoms with Crippen LogP contribution in [0.5, 0.6) is 0 Å². The van der Waals surface area contributed by atoms with E-state index in [1.54, 1.807) is 0 Å². The van der Waals surface area contributed by atoms with Crippen LogP contribution in [0, 0.1) is 0 Å². The first-order valence-corrected chi connectivity index (χ1v) is 8.90. The van der Waals surface area contributed by atoms with Gasteiger partial charge in [-0.05, 0) is 18.5 Å². The molecule has 0 aromatic heterocycles. The van der Waals surface area contributed by atoms with Crippen molar-refractivity contribution in [2.45, 2.75) is 58.0 Å². The maximum Gasteiger partial charge on any atom is -0.0146 e. The van der Waals surface area contributed by atoms with Crippen LogP contribution in [-0.2, 0) is 0 Å². The van der Waals surface area contributed by atoms with Crippen molar-refractivity contribution in [3.8, 4) is 0 Å². The summed E-state index contributed by atoms with van der Waals surface area (Å²) in [5.74, 6) is 0. The van der Waals surface area contributed by atoms with E-state index in [0.717, 1.165) is 11.9 Å². The van der Waals surface area contributed by atoms with Crippen molar-refractivity contribution in [3.05, 3.63) is 0 Å². The second-order valence-corrected chi connectivity index (χ2v) is 5.99. The third kappa shape index (κ3) is 7.52. The monoisotopic (exact) mass is 286 g/mol. The Morgan fingerprint density at radius 3 is 2.27 bits per heavy atom. The van der Waals surface area contributed by atoms with Crippen LogP contribution in [0.3, 0.4) is 0 Å². The van der Waals surface area contributed by atoms with Crippen molar-refractivity contribution >= 4 is 28.3 Å². The normalized spacial score (nSPS) is 14.5. The van der Waals surface area contributed by atoms with Crippen molar-refractivity contribution in [2.75, 3.05) is 0 Å². The third-order valence-corrected chi connectivity index (χ3v) is 5.48. The minimum atomic E-state index is 1.03. The molecule has 0 saturated heterocycles. The van der Waals surface area contributed by atoms with E-state index in [0.29, 0.717) is 0 Å². The van der Waals surface area contributed by atoms with Crippen molar-refractivity contribution in [3.63, 3.8) is 0 Å². The smallest absolute Gasteiger partial charge is 0.0146 e. The summed E-state index contributed by atoms with van der Waals surface area (Å²) >= 11 is 2.55. The maximum absolute atomic E-state index is 2.55. The molecule has 0 spiro atoms. The molecular weight excluding hydrogens is 266 g/mol. The van der Waals surface area contributed by atoms with Crippen LogP contribution in [0.2, 0.25) is 0 Å². The van der Waals surface area contributed by atoms with E-state index in [-0.39, 0.29) is 0 Å². The van der Waals surface area contributed by atoms with Gasteiger partial charge in [-0.1, -0.05) is 67.8 Å². The maximum atomic E-state index is 2.55. The van der Waals surface area contributed by atoms with Crippen LogP contribution >= 0.6 is 28.3 Å². The Labute approximate surface area is 86.2 Å². The molecule has 0 nitrogen and oxygen atoms in total. The average Bonchev–Trinajstić information content (AvgIpc) is 2.03. The largest absolute Gasteiger partial charge is 0.0654 e. The summed E-state index contributed by atoms with van der Waals surface area (Å²) in [4.78, 5) is 0. The zero-order chi connectivity index (χ0) is 8.53. The Balaban J connectivity index is 3.20. The van der Waals surface area contributed by atoms with Gasteiger partial charge in [0.25, 0.3) is 0 Å². The lowest BCUT2D eigenvalue weighted by Gasteiger charge is -2.11. The molecule has 0 radical (unpaired) electrons. The molecule has 0 aliphatic rings. The summed E-state index contributed by atoms with van der Waals surface area (Å²) in [6.07, 6.45) is 9.68. The fourth-order valence-corrected chi connectivity index (χ4v) is 3.82. The highest BCUT2D eigenvalue weighted by molar-refractivity contribution is 14.2. The molecule has 2 unspecified atom stereocenters. The van der Waals surface area contributed by atoms with Gasteiger partial charge in [-0.15, -0.1) is 0 Å². The number of hydrogen-bond donors (Lipinski definition) is 0. The Morgan fingerprint density at radius 2 is 1.82 bits per heavy atom. The molecule has 2 heteroatoms. The quantitative estimate of drug-likeness (QED) is 0.359. The summed E-state index contributed by atoms with van der Waals surface area (Å²) in [7, 11) is 0. The fourth-order valence-electron chi connectivity index (χ4n) is 1.24. The molecule has 0 heterocycles. The number of unbranched alkanes of at least 4 members (excludes halogenated alkanes) is 2. The first-order chi connectivity index (χ1) is 5.35. The molecular formula is C9H20IP. The standard InChI is InChI=1S/C9H20IP/c1-3-5-6-8-9(11-10)7-4-2/h9,11H,3-8H2,1-2H3. The minimum Gasteiger partial charge on any atom is -0.0654 e. The molecule has 0 fully saturated rings. The van der Waals surface area contributed by atoms with Gasteiger partial charge in [0.2, 0.25) is 0 Å². The lowest BCUT2D eigenvalue weighted by atomic mass is 10.1. The summed E-state index contributed by atoms with van der Waals surface area (Å²) in [6, 6.07) is 0. The van der Waals surface area contributed by atoms with Gasteiger partial charge in [0, 0.05) is 0 Å². The number of rotatable bonds is 7. The molecule has 68 valence electrons. The average molecular weight is 286 g/mol. The van der Waals surface area contributed by atoms with E-state index < -0.39 is 0 Å². The Hall–Kier alpha value is 1.16. The Kier molecular flexibility index (Phi) is 10.2. The van der Waals surface area contributed by atoms with Crippen LogP contribution in [0.25, 0.3) is 0 Å². The summed E-state index contributed by atoms with van der Waals surface area (Å²) in [5, 5.41) is 0. The summed E-state index contributed by atoms with van der Waals surface area (Å²) in [5.41, 5.74) is 1.03. The Morgan fingerprint density at radius 1 is 1.09 bits per heavy atom. The number of halogens is 1. The van der Waals surface area contributed by atoms with Crippen molar-refractivity contribution in [1.82, 2.24) is 0 Å². The molecule has 0 aliphatic carbocycles. The molecule has 0 aromatic rings. The van der Waals surface area contributed by atoms with Crippen LogP contribution in [0.15, 0.2) is 0 Å². The van der Waals surface area contributed by atoms with Gasteiger partial charge in [-0.3, -0.25) is 0 Å². The van der Waals surface area contributed by atoms with Gasteiger partial charge >= 0.3 is 0 Å². The van der Waals surface area contributed by atoms with Gasteiger partial charge in [-0.25, -0.2) is 0 Å². The third-order valence-electron chi connectivity index (χ3n) is 1.95. The summed E-state index contributed by atoms with van der Waals surface area (Å²) < 4.78 is 0. The van der Waals surface area contributed by atoms with Gasteiger partial charge in [0.1, 0.15) is 0 Å². The van der Waals surface area contributed by atoms with Gasteiger partial charge in [-0.2, -0.15) is 0 Å². The number of hydrogen-bond acceptors (Lipinski definition) is 0. The lowest BCUT2D eigenvalue weighted by molar-refractivity contribution is 0.614. The lowest BCUT2D eigenvalue weighted by Crippen LogP contribution is -1.97. The van der Waals surface area contributed by atoms with Gasteiger partial charge in [0.15, 0.2) is 0 Å². The van der Waals surface area contributed by atoms with E-state index in [1.807, 2.05) is 0 Å². The molecule has 0 amide bonds. The van der Waals surface area contributed by atoms with E-state index in [9.17, 15) is 0 Å². The van der Waals surface area contributed by atoms with E-state index >= 15 is 0 Å². The predicted octanol–water partition coefficient (Wildman–Crippen LogP) is 4.76. The highest BCUT2D eigenvalue weighted by Crippen LogP contribution is 2.34. The molecule has 0 rings (SSSR count). The van der Waals surface area contributed by atoms with Crippen LogP contribution in [0.1, 0.15) is 52.4 Å². The fraction of sp³-hybridized carbons (Fsp3) is 1.00. The van der Waals surface area contributed by atoms with Gasteiger partial charge < -0.3 is 0 Å². The second-order valence-electron chi connectivity index (χ2n) is 3.09. The molecule has 11 heavy (non-hydrogen) atoms. The molecule has 0 saturated carbocycles. The predicted molar refractivity (Wildman–Crippen MR) is 65.2 cm³/mol. The molecule has 2 atom stereocenters. The van der Waals surface area contributed by atoms with Crippen molar-refractivity contribution < 1.29 is 0 Å². The minimum absolute atomic E-state index is 1.03. The zero-order valence-corrected chi connectivity index (χ0v) is 10.9. The molecule has 0 aromatic carbocycles. The molecule has 0 bridgehead atoms. The van der Waals surface area contributed by atoms with E-state index in [4.69, 9.17) is 0 Å². The highest BCUT2D eigenvalue weighted by atomic mass is 127. The molecule has 0 N–H and O–H groups in total. The van der Waals surface area contributed by atoms with Gasteiger partial charge in [0.05, 0.1) is 0 Å². The van der Waals surface area contributed by atoms with E-state index in [1.165, 1.54) is 38.5 Å². The van der Waals surface area contributed by atoms with Crippen LogP contribution in [0.4, 0.5) is 0 Å². The second kappa shape index (κ2) is 9.25. The first-order valence-electron chi connectivity index (χ1n) is 4.71. The topological polar surface area (TPSA) is 0 Å². The highest BCUT2D eigenvalue weighted by Gasteiger charge is 2.04. The van der Waals surface area contributed by atoms with Crippen molar-refractivity contribution in [2.24, 2.45) is 0 Å². The van der Waals surface area contributed by atoms with Crippen LogP contribution < -0.4 is 0 Å². The van der Waals surface area contributed by atoms with Crippen molar-refractivity contribution in [1.29, 1.82) is 0 Å². The first kappa shape index (κ1) is 12.2. The van der Waals surface area contributed by atoms with E-state index in [2.05, 4.69) is 35.9 Å². The SMILES string of the molecule is CCCCCC(CCC)PI.